The first-order valence-corrected chi connectivity index (χ1v) is 8.48. The maximum Gasteiger partial charge on any atom is 0.318 e. The van der Waals surface area contributed by atoms with Crippen LogP contribution < -0.4 is 10.1 Å². The number of benzene rings is 1. The number of carbonyl (C=O) groups excluding carboxylic acids is 1. The van der Waals surface area contributed by atoms with Crippen molar-refractivity contribution in [1.82, 2.24) is 20.0 Å². The monoisotopic (exact) mass is 344 g/mol. The van der Waals surface area contributed by atoms with Gasteiger partial charge in [-0.15, -0.1) is 0 Å². The van der Waals surface area contributed by atoms with E-state index < -0.39 is 0 Å². The fraction of sp³-hybridized carbons (Fsp3) is 0.444. The molecule has 1 saturated heterocycles. The van der Waals surface area contributed by atoms with E-state index in [0.29, 0.717) is 12.3 Å². The number of piperidine rings is 1. The van der Waals surface area contributed by atoms with Crippen LogP contribution in [0.1, 0.15) is 36.6 Å². The Morgan fingerprint density at radius 3 is 2.96 bits per heavy atom. The van der Waals surface area contributed by atoms with Gasteiger partial charge in [0.05, 0.1) is 18.8 Å². The Hall–Kier alpha value is -2.70. The van der Waals surface area contributed by atoms with Crippen molar-refractivity contribution in [2.75, 3.05) is 13.7 Å². The van der Waals surface area contributed by atoms with Gasteiger partial charge in [-0.25, -0.2) is 4.79 Å². The molecule has 2 amide bonds. The van der Waals surface area contributed by atoms with Crippen LogP contribution in [-0.2, 0) is 13.6 Å². The number of hydrogen-bond acceptors (Lipinski definition) is 4. The minimum Gasteiger partial charge on any atom is -0.504 e. The topological polar surface area (TPSA) is 79.6 Å². The number of phenols is 1. The molecule has 1 aromatic heterocycles. The van der Waals surface area contributed by atoms with Crippen molar-refractivity contribution >= 4 is 6.03 Å². The van der Waals surface area contributed by atoms with Crippen molar-refractivity contribution in [2.45, 2.75) is 31.8 Å². The number of likely N-dealkylation sites (tertiary alicyclic amines) is 1. The van der Waals surface area contributed by atoms with E-state index in [1.165, 1.54) is 7.11 Å². The lowest BCUT2D eigenvalue weighted by Gasteiger charge is -2.35. The van der Waals surface area contributed by atoms with Gasteiger partial charge in [0.2, 0.25) is 0 Å². The maximum atomic E-state index is 12.7. The first kappa shape index (κ1) is 17.1. The molecule has 0 unspecified atom stereocenters. The summed E-state index contributed by atoms with van der Waals surface area (Å²) in [6.45, 7) is 1.12. The summed E-state index contributed by atoms with van der Waals surface area (Å²) in [5.74, 6) is 0.488. The average molecular weight is 344 g/mol. The molecule has 7 nitrogen and oxygen atoms in total. The molecule has 0 spiro atoms. The predicted molar refractivity (Wildman–Crippen MR) is 93.4 cm³/mol. The summed E-state index contributed by atoms with van der Waals surface area (Å²) in [7, 11) is 3.41. The van der Waals surface area contributed by atoms with Crippen LogP contribution >= 0.6 is 0 Å². The quantitative estimate of drug-likeness (QED) is 0.893. The standard InChI is InChI=1S/C18H24N4O3/c1-21-14(8-9-20-21)15-5-3-4-10-22(15)18(24)19-12-13-6-7-16(23)17(11-13)25-2/h6-9,11,15,23H,3-5,10,12H2,1-2H3,(H,19,24)/t15-/m1/s1. The number of hydrogen-bond donors (Lipinski definition) is 2. The maximum absolute atomic E-state index is 12.7. The second kappa shape index (κ2) is 7.46. The van der Waals surface area contributed by atoms with E-state index in [-0.39, 0.29) is 17.8 Å². The highest BCUT2D eigenvalue weighted by Gasteiger charge is 2.29. The number of phenolic OH excluding ortho intramolecular Hbond substituents is 1. The molecule has 0 saturated carbocycles. The second-order valence-corrected chi connectivity index (χ2v) is 6.25. The Morgan fingerprint density at radius 2 is 2.24 bits per heavy atom. The summed E-state index contributed by atoms with van der Waals surface area (Å²) in [5.41, 5.74) is 1.93. The van der Waals surface area contributed by atoms with Gasteiger partial charge in [-0.2, -0.15) is 5.10 Å². The highest BCUT2D eigenvalue weighted by molar-refractivity contribution is 5.74. The van der Waals surface area contributed by atoms with Gasteiger partial charge in [0.1, 0.15) is 0 Å². The lowest BCUT2D eigenvalue weighted by atomic mass is 9.99. The molecule has 25 heavy (non-hydrogen) atoms. The molecule has 2 heterocycles. The van der Waals surface area contributed by atoms with Crippen LogP contribution in [-0.4, -0.2) is 39.5 Å². The lowest BCUT2D eigenvalue weighted by Crippen LogP contribution is -2.44. The number of rotatable bonds is 4. The minimum absolute atomic E-state index is 0.0515. The Morgan fingerprint density at radius 1 is 1.40 bits per heavy atom. The van der Waals surface area contributed by atoms with Crippen molar-refractivity contribution < 1.29 is 14.6 Å². The number of methoxy groups -OCH3 is 1. The SMILES string of the molecule is COc1cc(CNC(=O)N2CCCC[C@@H]2c2ccnn2C)ccc1O. The van der Waals surface area contributed by atoms with E-state index in [1.807, 2.05) is 22.7 Å². The molecule has 0 aliphatic carbocycles. The summed E-state index contributed by atoms with van der Waals surface area (Å²) in [6.07, 6.45) is 4.83. The minimum atomic E-state index is -0.0852. The zero-order valence-corrected chi connectivity index (χ0v) is 14.6. The summed E-state index contributed by atoms with van der Waals surface area (Å²) in [5, 5.41) is 16.9. The van der Waals surface area contributed by atoms with Crippen molar-refractivity contribution in [2.24, 2.45) is 7.05 Å². The molecule has 0 radical (unpaired) electrons. The molecule has 1 aliphatic rings. The van der Waals surface area contributed by atoms with Crippen LogP contribution in [0.3, 0.4) is 0 Å². The van der Waals surface area contributed by atoms with E-state index in [0.717, 1.165) is 37.1 Å². The molecule has 1 atom stereocenters. The van der Waals surface area contributed by atoms with E-state index in [4.69, 9.17) is 4.74 Å². The first-order chi connectivity index (χ1) is 12.1. The molecule has 3 rings (SSSR count). The second-order valence-electron chi connectivity index (χ2n) is 6.25. The van der Waals surface area contributed by atoms with Crippen LogP contribution in [0.15, 0.2) is 30.5 Å². The summed E-state index contributed by atoms with van der Waals surface area (Å²) < 4.78 is 6.94. The van der Waals surface area contributed by atoms with E-state index in [1.54, 1.807) is 24.4 Å². The fourth-order valence-electron chi connectivity index (χ4n) is 3.30. The number of nitrogens with one attached hydrogen (secondary N) is 1. The molecular formula is C18H24N4O3. The Kier molecular flexibility index (Phi) is 5.11. The summed E-state index contributed by atoms with van der Waals surface area (Å²) in [4.78, 5) is 14.6. The first-order valence-electron chi connectivity index (χ1n) is 8.48. The third-order valence-corrected chi connectivity index (χ3v) is 4.65. The number of carbonyl (C=O) groups is 1. The van der Waals surface area contributed by atoms with Gasteiger partial charge >= 0.3 is 6.03 Å². The van der Waals surface area contributed by atoms with Gasteiger partial charge in [0.15, 0.2) is 11.5 Å². The summed E-state index contributed by atoms with van der Waals surface area (Å²) >= 11 is 0. The zero-order chi connectivity index (χ0) is 17.8. The Bertz CT molecular complexity index is 744. The van der Waals surface area contributed by atoms with Crippen LogP contribution in [0, 0.1) is 0 Å². The molecule has 1 aliphatic heterocycles. The molecule has 0 bridgehead atoms. The number of amides is 2. The van der Waals surface area contributed by atoms with Crippen molar-refractivity contribution in [3.05, 3.63) is 41.7 Å². The number of urea groups is 1. The van der Waals surface area contributed by atoms with Gasteiger partial charge in [-0.1, -0.05) is 6.07 Å². The Labute approximate surface area is 147 Å². The highest BCUT2D eigenvalue weighted by atomic mass is 16.5. The summed E-state index contributed by atoms with van der Waals surface area (Å²) in [6, 6.07) is 7.01. The van der Waals surface area contributed by atoms with Gasteiger partial charge in [0, 0.05) is 26.3 Å². The number of aromatic nitrogens is 2. The molecule has 1 aromatic carbocycles. The van der Waals surface area contributed by atoms with Crippen LogP contribution in [0.25, 0.3) is 0 Å². The molecule has 2 N–H and O–H groups in total. The van der Waals surface area contributed by atoms with Gasteiger partial charge in [0.25, 0.3) is 0 Å². The third-order valence-electron chi connectivity index (χ3n) is 4.65. The molecular weight excluding hydrogens is 320 g/mol. The van der Waals surface area contributed by atoms with Gasteiger partial charge in [-0.3, -0.25) is 4.68 Å². The smallest absolute Gasteiger partial charge is 0.318 e. The number of aryl methyl sites for hydroxylation is 1. The van der Waals surface area contributed by atoms with E-state index in [9.17, 15) is 9.90 Å². The fourth-order valence-corrected chi connectivity index (χ4v) is 3.30. The van der Waals surface area contributed by atoms with Crippen molar-refractivity contribution in [1.29, 1.82) is 0 Å². The van der Waals surface area contributed by atoms with Gasteiger partial charge in [-0.05, 0) is 43.0 Å². The third kappa shape index (κ3) is 3.70. The number of aromatic hydroxyl groups is 1. The lowest BCUT2D eigenvalue weighted by molar-refractivity contribution is 0.147. The van der Waals surface area contributed by atoms with E-state index in [2.05, 4.69) is 10.4 Å². The highest BCUT2D eigenvalue weighted by Crippen LogP contribution is 2.30. The van der Waals surface area contributed by atoms with Crippen molar-refractivity contribution in [3.8, 4) is 11.5 Å². The average Bonchev–Trinajstić information content (AvgIpc) is 3.06. The van der Waals surface area contributed by atoms with E-state index >= 15 is 0 Å². The Balaban J connectivity index is 1.68. The molecule has 2 aromatic rings. The molecule has 7 heteroatoms. The van der Waals surface area contributed by atoms with Crippen LogP contribution in [0.4, 0.5) is 4.79 Å². The molecule has 134 valence electrons. The van der Waals surface area contributed by atoms with Crippen LogP contribution in [0.5, 0.6) is 11.5 Å². The van der Waals surface area contributed by atoms with Gasteiger partial charge < -0.3 is 20.1 Å². The van der Waals surface area contributed by atoms with Crippen molar-refractivity contribution in [3.63, 3.8) is 0 Å². The predicted octanol–water partition coefficient (Wildman–Crippen LogP) is 2.57. The normalized spacial score (nSPS) is 17.4. The van der Waals surface area contributed by atoms with Crippen LogP contribution in [0.2, 0.25) is 0 Å². The zero-order valence-electron chi connectivity index (χ0n) is 14.6. The number of nitrogens with zero attached hydrogens (tertiary/aromatic N) is 3. The largest absolute Gasteiger partial charge is 0.504 e. The number of ether oxygens (including phenoxy) is 1. The molecule has 1 fully saturated rings.